The first-order valence-electron chi connectivity index (χ1n) is 7.59. The molecule has 0 atom stereocenters. The summed E-state index contributed by atoms with van der Waals surface area (Å²) < 4.78 is 16.0. The van der Waals surface area contributed by atoms with Crippen LogP contribution in [0.1, 0.15) is 5.69 Å². The van der Waals surface area contributed by atoms with Crippen molar-refractivity contribution in [2.45, 2.75) is 13.5 Å². The topological polar surface area (TPSA) is 116 Å². The number of amides is 1. The van der Waals surface area contributed by atoms with Crippen LogP contribution >= 0.6 is 0 Å². The maximum absolute atomic E-state index is 13.2. The first-order valence-corrected chi connectivity index (χ1v) is 7.59. The lowest BCUT2D eigenvalue weighted by Crippen LogP contribution is -2.19. The summed E-state index contributed by atoms with van der Waals surface area (Å²) in [5.41, 5.74) is 2.71. The van der Waals surface area contributed by atoms with Crippen LogP contribution in [-0.4, -0.2) is 45.7 Å². The Morgan fingerprint density at radius 3 is 2.88 bits per heavy atom. The first kappa shape index (κ1) is 15.7. The van der Waals surface area contributed by atoms with Gasteiger partial charge in [0.25, 0.3) is 0 Å². The van der Waals surface area contributed by atoms with E-state index in [0.29, 0.717) is 11.3 Å². The van der Waals surface area contributed by atoms with Gasteiger partial charge in [0, 0.05) is 23.0 Å². The molecule has 4 heterocycles. The second-order valence-corrected chi connectivity index (χ2v) is 5.48. The minimum absolute atomic E-state index is 0.0474. The van der Waals surface area contributed by atoms with E-state index in [2.05, 4.69) is 35.9 Å². The molecule has 0 bridgehead atoms. The van der Waals surface area contributed by atoms with Gasteiger partial charge in [-0.2, -0.15) is 9.37 Å². The average Bonchev–Trinajstić information content (AvgIpc) is 3.23. The van der Waals surface area contributed by atoms with E-state index < -0.39 is 5.95 Å². The number of hydrogen-bond acceptors (Lipinski definition) is 7. The van der Waals surface area contributed by atoms with E-state index in [1.165, 1.54) is 21.6 Å². The maximum Gasteiger partial charge on any atom is 0.249 e. The summed E-state index contributed by atoms with van der Waals surface area (Å²) in [6.45, 7) is 1.68. The maximum atomic E-state index is 13.2. The quantitative estimate of drug-likeness (QED) is 0.541. The Morgan fingerprint density at radius 2 is 2.12 bits per heavy atom. The van der Waals surface area contributed by atoms with E-state index in [4.69, 9.17) is 0 Å². The van der Waals surface area contributed by atoms with Crippen LogP contribution in [0.5, 0.6) is 0 Å². The number of carbonyl (C=O) groups is 1. The molecule has 26 heavy (non-hydrogen) atoms. The molecule has 0 aliphatic rings. The van der Waals surface area contributed by atoms with Crippen LogP contribution in [-0.2, 0) is 11.3 Å². The van der Waals surface area contributed by atoms with Crippen LogP contribution in [0.4, 0.5) is 10.3 Å². The standard InChI is InChI=1S/C15H12FN9O/c1-9-11(3-4-12(16)18-9)10-2-5-13-19-15(21-25(13)6-10)20-14(26)7-24-8-17-22-23-24/h2-6,8H,7H2,1H3,(H,20,21,26). The van der Waals surface area contributed by atoms with Gasteiger partial charge in [0.1, 0.15) is 12.9 Å². The lowest BCUT2D eigenvalue weighted by atomic mass is 10.1. The summed E-state index contributed by atoms with van der Waals surface area (Å²) in [5.74, 6) is -0.721. The number of fused-ring (bicyclic) bond motifs is 1. The van der Waals surface area contributed by atoms with Crippen molar-refractivity contribution in [2.75, 3.05) is 5.32 Å². The molecule has 1 amide bonds. The molecule has 130 valence electrons. The number of nitrogens with one attached hydrogen (secondary N) is 1. The van der Waals surface area contributed by atoms with Gasteiger partial charge in [-0.1, -0.05) is 0 Å². The highest BCUT2D eigenvalue weighted by atomic mass is 19.1. The van der Waals surface area contributed by atoms with Crippen molar-refractivity contribution in [1.82, 2.24) is 39.8 Å². The third-order valence-electron chi connectivity index (χ3n) is 3.64. The second kappa shape index (κ2) is 6.27. The van der Waals surface area contributed by atoms with Crippen molar-refractivity contribution in [1.29, 1.82) is 0 Å². The van der Waals surface area contributed by atoms with Gasteiger partial charge in [0.15, 0.2) is 5.65 Å². The molecule has 4 aromatic rings. The average molecular weight is 353 g/mol. The molecule has 0 unspecified atom stereocenters. The molecule has 0 aliphatic heterocycles. The van der Waals surface area contributed by atoms with Gasteiger partial charge >= 0.3 is 0 Å². The number of carbonyl (C=O) groups excluding carboxylic acids is 1. The molecule has 0 saturated heterocycles. The SMILES string of the molecule is Cc1nc(F)ccc1-c1ccc2nc(NC(=O)Cn3cnnn3)nn2c1. The molecule has 0 saturated carbocycles. The fraction of sp³-hybridized carbons (Fsp3) is 0.133. The molecule has 0 aromatic carbocycles. The molecule has 0 aliphatic carbocycles. The molecular weight excluding hydrogens is 341 g/mol. The van der Waals surface area contributed by atoms with E-state index in [1.807, 2.05) is 6.07 Å². The van der Waals surface area contributed by atoms with Crippen LogP contribution in [0.2, 0.25) is 0 Å². The summed E-state index contributed by atoms with van der Waals surface area (Å²) in [5, 5.41) is 17.4. The minimum Gasteiger partial charge on any atom is -0.292 e. The van der Waals surface area contributed by atoms with Crippen molar-refractivity contribution in [3.63, 3.8) is 0 Å². The van der Waals surface area contributed by atoms with E-state index in [1.54, 1.807) is 25.3 Å². The number of aromatic nitrogens is 8. The monoisotopic (exact) mass is 353 g/mol. The molecule has 4 rings (SSSR count). The summed E-state index contributed by atoms with van der Waals surface area (Å²) in [6.07, 6.45) is 3.07. The van der Waals surface area contributed by atoms with Crippen LogP contribution in [0.15, 0.2) is 36.8 Å². The number of tetrazole rings is 1. The summed E-state index contributed by atoms with van der Waals surface area (Å²) in [4.78, 5) is 20.0. The normalized spacial score (nSPS) is 11.0. The van der Waals surface area contributed by atoms with Gasteiger partial charge in [-0.25, -0.2) is 14.2 Å². The zero-order valence-corrected chi connectivity index (χ0v) is 13.5. The molecule has 4 aromatic heterocycles. The van der Waals surface area contributed by atoms with E-state index in [-0.39, 0.29) is 18.4 Å². The predicted molar refractivity (Wildman–Crippen MR) is 87.4 cm³/mol. The van der Waals surface area contributed by atoms with Crippen molar-refractivity contribution in [3.8, 4) is 11.1 Å². The second-order valence-electron chi connectivity index (χ2n) is 5.48. The Bertz CT molecular complexity index is 1090. The van der Waals surface area contributed by atoms with Crippen LogP contribution < -0.4 is 5.32 Å². The number of halogens is 1. The van der Waals surface area contributed by atoms with E-state index in [0.717, 1.165) is 11.1 Å². The fourth-order valence-electron chi connectivity index (χ4n) is 2.49. The first-order chi connectivity index (χ1) is 12.6. The molecule has 0 spiro atoms. The Morgan fingerprint density at radius 1 is 1.23 bits per heavy atom. The Kier molecular flexibility index (Phi) is 3.80. The minimum atomic E-state index is -0.527. The molecule has 0 fully saturated rings. The van der Waals surface area contributed by atoms with Gasteiger partial charge in [-0.05, 0) is 41.6 Å². The van der Waals surface area contributed by atoms with Crippen molar-refractivity contribution < 1.29 is 9.18 Å². The fourth-order valence-corrected chi connectivity index (χ4v) is 2.49. The zero-order chi connectivity index (χ0) is 18.1. The molecule has 10 nitrogen and oxygen atoms in total. The third-order valence-corrected chi connectivity index (χ3v) is 3.64. The highest BCUT2D eigenvalue weighted by Gasteiger charge is 2.11. The Hall–Kier alpha value is -3.76. The molecule has 0 radical (unpaired) electrons. The lowest BCUT2D eigenvalue weighted by molar-refractivity contribution is -0.117. The number of anilines is 1. The zero-order valence-electron chi connectivity index (χ0n) is 13.5. The summed E-state index contributed by atoms with van der Waals surface area (Å²) in [7, 11) is 0. The number of hydrogen-bond donors (Lipinski definition) is 1. The summed E-state index contributed by atoms with van der Waals surface area (Å²) >= 11 is 0. The van der Waals surface area contributed by atoms with Crippen LogP contribution in [0.25, 0.3) is 16.8 Å². The van der Waals surface area contributed by atoms with Gasteiger partial charge < -0.3 is 0 Å². The lowest BCUT2D eigenvalue weighted by Gasteiger charge is -2.05. The van der Waals surface area contributed by atoms with Crippen molar-refractivity contribution in [3.05, 3.63) is 48.4 Å². The van der Waals surface area contributed by atoms with Crippen LogP contribution in [0, 0.1) is 12.9 Å². The van der Waals surface area contributed by atoms with Gasteiger partial charge in [-0.3, -0.25) is 10.1 Å². The number of aryl methyl sites for hydroxylation is 1. The van der Waals surface area contributed by atoms with Gasteiger partial charge in [-0.15, -0.1) is 10.2 Å². The highest BCUT2D eigenvalue weighted by molar-refractivity contribution is 5.88. The highest BCUT2D eigenvalue weighted by Crippen LogP contribution is 2.22. The molecule has 1 N–H and O–H groups in total. The largest absolute Gasteiger partial charge is 0.292 e. The number of rotatable bonds is 4. The van der Waals surface area contributed by atoms with E-state index >= 15 is 0 Å². The predicted octanol–water partition coefficient (Wildman–Crippen LogP) is 0.864. The summed E-state index contributed by atoms with van der Waals surface area (Å²) in [6, 6.07) is 6.55. The number of nitrogens with zero attached hydrogens (tertiary/aromatic N) is 8. The van der Waals surface area contributed by atoms with Gasteiger partial charge in [0.2, 0.25) is 17.8 Å². The Labute approximate surface area is 145 Å². The van der Waals surface area contributed by atoms with Gasteiger partial charge in [0.05, 0.1) is 0 Å². The molecule has 11 heteroatoms. The number of pyridine rings is 2. The smallest absolute Gasteiger partial charge is 0.249 e. The third kappa shape index (κ3) is 3.09. The Balaban J connectivity index is 1.58. The molecular formula is C15H12FN9O. The van der Waals surface area contributed by atoms with Crippen molar-refractivity contribution in [2.24, 2.45) is 0 Å². The van der Waals surface area contributed by atoms with Crippen molar-refractivity contribution >= 4 is 17.5 Å². The van der Waals surface area contributed by atoms with Crippen LogP contribution in [0.3, 0.4) is 0 Å². The van der Waals surface area contributed by atoms with E-state index in [9.17, 15) is 9.18 Å².